The minimum atomic E-state index is 0. The Hall–Kier alpha value is -4.59. The van der Waals surface area contributed by atoms with E-state index in [0.717, 1.165) is 43.2 Å². The third kappa shape index (κ3) is 13.5. The van der Waals surface area contributed by atoms with E-state index in [1.807, 2.05) is 24.3 Å². The van der Waals surface area contributed by atoms with Crippen LogP contribution in [0.3, 0.4) is 0 Å². The predicted molar refractivity (Wildman–Crippen MR) is 340 cm³/mol. The van der Waals surface area contributed by atoms with E-state index in [9.17, 15) is 0 Å². The zero-order valence-electron chi connectivity index (χ0n) is 42.3. The van der Waals surface area contributed by atoms with Gasteiger partial charge in [-0.05, 0) is 166 Å². The average Bonchev–Trinajstić information content (AvgIpc) is 4.11. The minimum absolute atomic E-state index is 0. The zero-order chi connectivity index (χ0) is 50.0. The van der Waals surface area contributed by atoms with Crippen molar-refractivity contribution in [3.8, 4) is 17.2 Å². The highest BCUT2D eigenvalue weighted by atomic mass is 128. The van der Waals surface area contributed by atoms with Crippen molar-refractivity contribution in [1.82, 2.24) is 25.6 Å². The third-order valence-electron chi connectivity index (χ3n) is 14.0. The van der Waals surface area contributed by atoms with Crippen molar-refractivity contribution in [3.05, 3.63) is 195 Å². The molecule has 3 aromatic heterocycles. The Kier molecular flexibility index (Phi) is 23.2. The molecule has 74 heavy (non-hydrogen) atoms. The second-order valence-corrected chi connectivity index (χ2v) is 18.6. The van der Waals surface area contributed by atoms with Crippen LogP contribution >= 0.6 is 61.2 Å². The van der Waals surface area contributed by atoms with Gasteiger partial charge in [0.25, 0.3) is 0 Å². The van der Waals surface area contributed by atoms with Crippen molar-refractivity contribution < 1.29 is 19.3 Å². The largest absolute Gasteiger partial charge is 0.497 e. The van der Waals surface area contributed by atoms with Gasteiger partial charge in [-0.1, -0.05) is 86.1 Å². The molecule has 0 amide bonds. The number of nitrogens with one attached hydrogen (secondary N) is 5. The van der Waals surface area contributed by atoms with Crippen molar-refractivity contribution in [2.75, 3.05) is 41.0 Å². The number of methoxy groups -OCH3 is 3. The predicted octanol–water partition coefficient (Wildman–Crippen LogP) is 16.1. The maximum Gasteiger partial charge on any atom is 0.118 e. The molecule has 5 heterocycles. The van der Waals surface area contributed by atoms with Gasteiger partial charge in [0, 0.05) is 113 Å². The lowest BCUT2D eigenvalue weighted by Gasteiger charge is -2.25. The number of aliphatic hydroxyl groups excluding tert-OH is 1. The van der Waals surface area contributed by atoms with Crippen LogP contribution < -0.4 is 24.8 Å². The summed E-state index contributed by atoms with van der Waals surface area (Å²) in [5.41, 5.74) is 20.1. The lowest BCUT2D eigenvalue weighted by Crippen LogP contribution is -2.30. The number of halogens is 3. The van der Waals surface area contributed by atoms with Crippen molar-refractivity contribution in [3.63, 3.8) is 0 Å². The number of aliphatic hydroxyl groups is 1. The van der Waals surface area contributed by atoms with Crippen LogP contribution in [0.25, 0.3) is 32.7 Å². The van der Waals surface area contributed by atoms with Gasteiger partial charge in [0.15, 0.2) is 0 Å². The molecule has 9 aromatic rings. The highest BCUT2D eigenvalue weighted by Gasteiger charge is 2.28. The first-order valence-corrected chi connectivity index (χ1v) is 31.0. The molecule has 0 saturated carbocycles. The third-order valence-corrected chi connectivity index (χ3v) is 14.0. The highest BCUT2D eigenvalue weighted by molar-refractivity contribution is 15.0. The Morgan fingerprint density at radius 3 is 1.16 bits per heavy atom. The van der Waals surface area contributed by atoms with E-state index in [2.05, 4.69) is 187 Å². The molecule has 3 aliphatic rings. The molecule has 3 atom stereocenters. The Labute approximate surface area is 480 Å². The molecule has 0 saturated heterocycles. The van der Waals surface area contributed by atoms with Crippen LogP contribution in [0.1, 0.15) is 120 Å². The van der Waals surface area contributed by atoms with Crippen molar-refractivity contribution in [2.24, 2.45) is 0 Å². The topological polar surface area (TPSA) is 119 Å². The number of hydrogen-bond acceptors (Lipinski definition) is 6. The minimum Gasteiger partial charge on any atom is -0.497 e. The molecule has 12 heteroatoms. The summed E-state index contributed by atoms with van der Waals surface area (Å²) >= 11 is 4.24. The van der Waals surface area contributed by atoms with Crippen molar-refractivity contribution >= 4 is 93.9 Å². The number of ether oxygens (including phenoxy) is 3. The van der Waals surface area contributed by atoms with Gasteiger partial charge in [-0.25, -0.2) is 0 Å². The molecule has 6 N–H and O–H groups in total. The second kappa shape index (κ2) is 28.5. The maximum absolute atomic E-state index is 7.57. The standard InChI is InChI=1S/C20H21NO.2C19H20N2O.C2H6O.2CH4.I2.HI/c1-13-6-11-19-18(12-13)17-5-3-4-16(20(17)21-19)14-7-9-15(22-2)10-8-14;2*1-12-3-8-17-16(11-12)15-9-10-20-18(19(15)21-17)13-4-6-14(22-2)7-5-13;1-2-3;;;1-2;/h6-12,16,21H,3-5H2,1-2H3;2*3-8,11,18,20-21H,9-10H2,1-2H3;3H,2H2,1H3;2*1H4;;1H/t16-;18-;;;;;;/m00....../s1. The van der Waals surface area contributed by atoms with E-state index in [1.54, 1.807) is 28.3 Å². The fourth-order valence-corrected chi connectivity index (χ4v) is 10.6. The van der Waals surface area contributed by atoms with E-state index >= 15 is 0 Å². The van der Waals surface area contributed by atoms with Crippen molar-refractivity contribution in [1.29, 1.82) is 0 Å². The molecule has 0 radical (unpaired) electrons. The fraction of sp³-hybridized carbons (Fsp3) is 0.323. The first-order chi connectivity index (χ1) is 34.7. The molecule has 1 aliphatic carbocycles. The van der Waals surface area contributed by atoms with E-state index in [-0.39, 0.29) is 57.5 Å². The van der Waals surface area contributed by atoms with Gasteiger partial charge < -0.3 is 44.9 Å². The van der Waals surface area contributed by atoms with Gasteiger partial charge in [-0.2, -0.15) is 0 Å². The summed E-state index contributed by atoms with van der Waals surface area (Å²) in [7, 11) is 5.12. The molecule has 0 bridgehead atoms. The number of aromatic amines is 3. The SMILES string of the molecule is C.C.CCO.COc1ccc(C2NCCc3c2[nH]c2ccc(C)cc32)cc1.COc1ccc([C@@H]2CCCc3c2[nH]c2ccc(C)cc32)cc1.COc1ccc([C@@H]2NCCc3c2[nH]c2ccc(C)cc32)cc1.I.II. The summed E-state index contributed by atoms with van der Waals surface area (Å²) in [6.45, 7) is 10.4. The monoisotopic (exact) mass is 1340 g/mol. The molecule has 9 nitrogen and oxygen atoms in total. The lowest BCUT2D eigenvalue weighted by atomic mass is 9.82. The van der Waals surface area contributed by atoms with Gasteiger partial charge in [0.1, 0.15) is 17.2 Å². The Morgan fingerprint density at radius 1 is 0.486 bits per heavy atom. The summed E-state index contributed by atoms with van der Waals surface area (Å²) in [5, 5.41) is 19.0. The van der Waals surface area contributed by atoms with Crippen molar-refractivity contribution in [2.45, 2.75) is 92.7 Å². The fourth-order valence-electron chi connectivity index (χ4n) is 10.6. The number of H-pyrrole nitrogens is 3. The molecule has 0 spiro atoms. The van der Waals surface area contributed by atoms with Crippen LogP contribution in [0.2, 0.25) is 0 Å². The molecule has 12 rings (SSSR count). The summed E-state index contributed by atoms with van der Waals surface area (Å²) in [5.74, 6) is 3.19. The Bertz CT molecular complexity index is 2830. The van der Waals surface area contributed by atoms with Crippen LogP contribution in [0.15, 0.2) is 127 Å². The van der Waals surface area contributed by atoms with Gasteiger partial charge in [0.05, 0.1) is 33.4 Å². The van der Waals surface area contributed by atoms with E-state index in [4.69, 9.17) is 19.3 Å². The molecular formula is C62H76I3N5O4. The number of aryl methyl sites for hydroxylation is 4. The van der Waals surface area contributed by atoms with Gasteiger partial charge >= 0.3 is 0 Å². The number of hydrogen-bond donors (Lipinski definition) is 6. The molecular weight excluding hydrogens is 1260 g/mol. The quantitative estimate of drug-likeness (QED) is 0.0923. The first-order valence-electron chi connectivity index (χ1n) is 24.7. The summed E-state index contributed by atoms with van der Waals surface area (Å²) in [4.78, 5) is 10.9. The highest BCUT2D eigenvalue weighted by Crippen LogP contribution is 2.41. The Morgan fingerprint density at radius 2 is 0.811 bits per heavy atom. The van der Waals surface area contributed by atoms with Gasteiger partial charge in [0.2, 0.25) is 0 Å². The summed E-state index contributed by atoms with van der Waals surface area (Å²) in [6.07, 6.45) is 5.80. The smallest absolute Gasteiger partial charge is 0.118 e. The van der Waals surface area contributed by atoms with Crippen LogP contribution in [0.4, 0.5) is 0 Å². The zero-order valence-corrected chi connectivity index (χ0v) is 49.0. The number of benzene rings is 6. The number of rotatable bonds is 6. The van der Waals surface area contributed by atoms with E-state index in [0.29, 0.717) is 5.92 Å². The van der Waals surface area contributed by atoms with E-state index < -0.39 is 0 Å². The van der Waals surface area contributed by atoms with Crippen LogP contribution in [-0.2, 0) is 19.3 Å². The lowest BCUT2D eigenvalue weighted by molar-refractivity contribution is 0.318. The van der Waals surface area contributed by atoms with Crippen LogP contribution in [0, 0.1) is 20.8 Å². The van der Waals surface area contributed by atoms with Crippen LogP contribution in [0.5, 0.6) is 17.2 Å². The van der Waals surface area contributed by atoms with Crippen LogP contribution in [-0.4, -0.2) is 61.1 Å². The van der Waals surface area contributed by atoms with E-state index in [1.165, 1.54) is 119 Å². The Balaban J connectivity index is 0.000000193. The summed E-state index contributed by atoms with van der Waals surface area (Å²) in [6, 6.07) is 45.7. The normalized spacial score (nSPS) is 15.9. The molecule has 2 aliphatic heterocycles. The molecule has 394 valence electrons. The maximum atomic E-state index is 7.57. The molecule has 6 aromatic carbocycles. The molecule has 1 unspecified atom stereocenters. The number of aromatic nitrogens is 3. The first kappa shape index (κ1) is 60.3. The van der Waals surface area contributed by atoms with Gasteiger partial charge in [-0.15, -0.1) is 24.0 Å². The second-order valence-electron chi connectivity index (χ2n) is 18.6. The average molecular weight is 1340 g/mol. The summed E-state index contributed by atoms with van der Waals surface area (Å²) < 4.78 is 15.8. The number of fused-ring (bicyclic) bond motifs is 9. The molecule has 0 fully saturated rings. The van der Waals surface area contributed by atoms with Gasteiger partial charge in [-0.3, -0.25) is 0 Å².